The second-order valence-electron chi connectivity index (χ2n) is 5.01. The highest BCUT2D eigenvalue weighted by Gasteiger charge is 2.41. The Labute approximate surface area is 112 Å². The molecule has 1 aromatic rings. The van der Waals surface area contributed by atoms with Crippen LogP contribution >= 0.6 is 11.8 Å². The lowest BCUT2D eigenvalue weighted by molar-refractivity contribution is 0.329. The normalized spacial score (nSPS) is 26.6. The van der Waals surface area contributed by atoms with E-state index in [1.807, 2.05) is 13.0 Å². The Morgan fingerprint density at radius 1 is 1.61 bits per heavy atom. The summed E-state index contributed by atoms with van der Waals surface area (Å²) in [6.45, 7) is 4.02. The summed E-state index contributed by atoms with van der Waals surface area (Å²) in [5.41, 5.74) is 5.47. The van der Waals surface area contributed by atoms with Gasteiger partial charge >= 0.3 is 0 Å². The van der Waals surface area contributed by atoms with Crippen molar-refractivity contribution in [1.29, 1.82) is 0 Å². The number of nitrogens with zero attached hydrogens (tertiary/aromatic N) is 2. The van der Waals surface area contributed by atoms with Gasteiger partial charge in [-0.15, -0.1) is 11.8 Å². The third kappa shape index (κ3) is 2.66. The molecule has 0 spiro atoms. The van der Waals surface area contributed by atoms with E-state index in [0.717, 1.165) is 17.2 Å². The van der Waals surface area contributed by atoms with Crippen molar-refractivity contribution in [3.05, 3.63) is 6.07 Å². The van der Waals surface area contributed by atoms with Crippen LogP contribution in [0.4, 0.5) is 5.82 Å². The lowest BCUT2D eigenvalue weighted by Crippen LogP contribution is -2.33. The maximum absolute atomic E-state index is 11.6. The van der Waals surface area contributed by atoms with Crippen LogP contribution in [0.2, 0.25) is 0 Å². The zero-order valence-electron chi connectivity index (χ0n) is 10.7. The van der Waals surface area contributed by atoms with Crippen LogP contribution in [0, 0.1) is 0 Å². The molecule has 1 aliphatic rings. The fourth-order valence-corrected chi connectivity index (χ4v) is 5.11. The summed E-state index contributed by atoms with van der Waals surface area (Å²) >= 11 is 1.65. The van der Waals surface area contributed by atoms with E-state index >= 15 is 0 Å². The number of nitrogens with two attached hydrogens (primary N) is 1. The van der Waals surface area contributed by atoms with Gasteiger partial charge < -0.3 is 5.73 Å². The minimum absolute atomic E-state index is 0.129. The largest absolute Gasteiger partial charge is 0.384 e. The first-order valence-electron chi connectivity index (χ1n) is 6.05. The first-order valence-corrected chi connectivity index (χ1v) is 8.86. The van der Waals surface area contributed by atoms with E-state index in [1.165, 1.54) is 0 Å². The van der Waals surface area contributed by atoms with E-state index < -0.39 is 15.4 Å². The van der Waals surface area contributed by atoms with E-state index in [0.29, 0.717) is 12.2 Å². The van der Waals surface area contributed by atoms with Gasteiger partial charge in [-0.3, -0.25) is 0 Å². The van der Waals surface area contributed by atoms with Crippen molar-refractivity contribution in [1.82, 2.24) is 9.78 Å². The third-order valence-electron chi connectivity index (χ3n) is 3.16. The first-order chi connectivity index (χ1) is 8.36. The van der Waals surface area contributed by atoms with Crippen molar-refractivity contribution in [2.75, 3.05) is 23.0 Å². The van der Waals surface area contributed by atoms with Gasteiger partial charge in [0.1, 0.15) is 10.8 Å². The van der Waals surface area contributed by atoms with Crippen LogP contribution in [0.15, 0.2) is 11.1 Å². The second kappa shape index (κ2) is 4.77. The van der Waals surface area contributed by atoms with E-state index in [4.69, 9.17) is 5.73 Å². The van der Waals surface area contributed by atoms with Gasteiger partial charge in [0, 0.05) is 6.07 Å². The topological polar surface area (TPSA) is 78.0 Å². The summed E-state index contributed by atoms with van der Waals surface area (Å²) in [6.07, 6.45) is 1.65. The van der Waals surface area contributed by atoms with Gasteiger partial charge in [-0.1, -0.05) is 6.92 Å². The minimum atomic E-state index is -2.95. The minimum Gasteiger partial charge on any atom is -0.384 e. The summed E-state index contributed by atoms with van der Waals surface area (Å²) in [5, 5.41) is 5.33. The Hall–Kier alpha value is -0.690. The smallest absolute Gasteiger partial charge is 0.152 e. The highest BCUT2D eigenvalue weighted by atomic mass is 32.2. The Morgan fingerprint density at radius 2 is 2.33 bits per heavy atom. The molecule has 1 aliphatic heterocycles. The SMILES string of the molecule is CCCSc1cc(N)n(C2(C)CCS(=O)(=O)C2)n1. The Bertz CT molecular complexity index is 538. The quantitative estimate of drug-likeness (QED) is 0.850. The van der Waals surface area contributed by atoms with Crippen LogP contribution in [-0.4, -0.2) is 35.5 Å². The van der Waals surface area contributed by atoms with Gasteiger partial charge in [-0.2, -0.15) is 5.10 Å². The van der Waals surface area contributed by atoms with E-state index in [9.17, 15) is 8.42 Å². The molecule has 0 saturated carbocycles. The van der Waals surface area contributed by atoms with Crippen molar-refractivity contribution >= 4 is 27.4 Å². The molecule has 1 aromatic heterocycles. The molecule has 0 bridgehead atoms. The van der Waals surface area contributed by atoms with Crippen LogP contribution in [0.3, 0.4) is 0 Å². The summed E-state index contributed by atoms with van der Waals surface area (Å²) in [7, 11) is -2.95. The van der Waals surface area contributed by atoms with Crippen molar-refractivity contribution < 1.29 is 8.42 Å². The van der Waals surface area contributed by atoms with Crippen LogP contribution < -0.4 is 5.73 Å². The van der Waals surface area contributed by atoms with Crippen molar-refractivity contribution in [2.45, 2.75) is 37.3 Å². The molecule has 5 nitrogen and oxygen atoms in total. The predicted octanol–water partition coefficient (Wildman–Crippen LogP) is 1.50. The standard InChI is InChI=1S/C11H19N3O2S2/c1-3-5-17-10-7-9(12)14(13-10)11(2)4-6-18(15,16)8-11/h7H,3-6,8,12H2,1-2H3. The third-order valence-corrected chi connectivity index (χ3v) is 6.16. The fraction of sp³-hybridized carbons (Fsp3) is 0.727. The highest BCUT2D eigenvalue weighted by Crippen LogP contribution is 2.33. The van der Waals surface area contributed by atoms with Crippen molar-refractivity contribution in [3.8, 4) is 0 Å². The molecule has 2 heterocycles. The molecule has 1 saturated heterocycles. The number of nitrogen functional groups attached to an aromatic ring is 1. The summed E-state index contributed by atoms with van der Waals surface area (Å²) in [5.74, 6) is 1.89. The van der Waals surface area contributed by atoms with Gasteiger partial charge in [0.25, 0.3) is 0 Å². The monoisotopic (exact) mass is 289 g/mol. The Morgan fingerprint density at radius 3 is 2.89 bits per heavy atom. The predicted molar refractivity (Wildman–Crippen MR) is 74.6 cm³/mol. The molecule has 7 heteroatoms. The maximum atomic E-state index is 11.6. The van der Waals surface area contributed by atoms with Gasteiger partial charge in [-0.25, -0.2) is 13.1 Å². The maximum Gasteiger partial charge on any atom is 0.152 e. The summed E-state index contributed by atoms with van der Waals surface area (Å²) < 4.78 is 24.9. The molecule has 2 rings (SSSR count). The molecule has 102 valence electrons. The van der Waals surface area contributed by atoms with E-state index in [-0.39, 0.29) is 11.5 Å². The fourth-order valence-electron chi connectivity index (χ4n) is 2.24. The first kappa shape index (κ1) is 13.7. The van der Waals surface area contributed by atoms with E-state index in [2.05, 4.69) is 12.0 Å². The highest BCUT2D eigenvalue weighted by molar-refractivity contribution is 7.99. The van der Waals surface area contributed by atoms with E-state index in [1.54, 1.807) is 16.4 Å². The number of hydrogen-bond acceptors (Lipinski definition) is 5. The number of aromatic nitrogens is 2. The molecule has 0 aromatic carbocycles. The average molecular weight is 289 g/mol. The number of thioether (sulfide) groups is 1. The Balaban J connectivity index is 2.26. The molecule has 1 atom stereocenters. The van der Waals surface area contributed by atoms with Crippen LogP contribution in [0.25, 0.3) is 0 Å². The molecule has 0 radical (unpaired) electrons. The molecule has 0 aliphatic carbocycles. The average Bonchev–Trinajstić information content (AvgIpc) is 2.78. The number of sulfone groups is 1. The number of anilines is 1. The zero-order chi connectivity index (χ0) is 13.4. The summed E-state index contributed by atoms with van der Waals surface area (Å²) in [4.78, 5) is 0. The molecule has 2 N–H and O–H groups in total. The summed E-state index contributed by atoms with van der Waals surface area (Å²) in [6, 6.07) is 1.83. The number of rotatable bonds is 4. The van der Waals surface area contributed by atoms with Gasteiger partial charge in [0.2, 0.25) is 0 Å². The molecular formula is C11H19N3O2S2. The van der Waals surface area contributed by atoms with Gasteiger partial charge in [-0.05, 0) is 25.5 Å². The second-order valence-corrected chi connectivity index (χ2v) is 8.31. The molecular weight excluding hydrogens is 270 g/mol. The zero-order valence-corrected chi connectivity index (χ0v) is 12.4. The Kier molecular flexibility index (Phi) is 3.64. The number of hydrogen-bond donors (Lipinski definition) is 1. The molecule has 1 unspecified atom stereocenters. The van der Waals surface area contributed by atoms with Crippen LogP contribution in [-0.2, 0) is 15.4 Å². The van der Waals surface area contributed by atoms with Gasteiger partial charge in [0.05, 0.1) is 17.0 Å². The lowest BCUT2D eigenvalue weighted by Gasteiger charge is -2.23. The van der Waals surface area contributed by atoms with Gasteiger partial charge in [0.15, 0.2) is 9.84 Å². The van der Waals surface area contributed by atoms with Crippen molar-refractivity contribution in [2.24, 2.45) is 0 Å². The molecule has 1 fully saturated rings. The van der Waals surface area contributed by atoms with Crippen LogP contribution in [0.1, 0.15) is 26.7 Å². The molecule has 18 heavy (non-hydrogen) atoms. The van der Waals surface area contributed by atoms with Crippen molar-refractivity contribution in [3.63, 3.8) is 0 Å². The lowest BCUT2D eigenvalue weighted by atomic mass is 10.0. The van der Waals surface area contributed by atoms with Crippen LogP contribution in [0.5, 0.6) is 0 Å². The molecule has 0 amide bonds.